The molecule has 2 amide bonds. The summed E-state index contributed by atoms with van der Waals surface area (Å²) < 4.78 is 5.34. The fraction of sp³-hybridized carbons (Fsp3) is 0.846. The van der Waals surface area contributed by atoms with Gasteiger partial charge in [0.25, 0.3) is 0 Å². The predicted octanol–water partition coefficient (Wildman–Crippen LogP) is 1.91. The van der Waals surface area contributed by atoms with E-state index in [0.717, 1.165) is 12.8 Å². The second-order valence-corrected chi connectivity index (χ2v) is 5.62. The molecule has 0 bridgehead atoms. The fourth-order valence-electron chi connectivity index (χ4n) is 1.94. The predicted molar refractivity (Wildman–Crippen MR) is 69.3 cm³/mol. The largest absolute Gasteiger partial charge is 0.444 e. The molecule has 0 radical (unpaired) electrons. The van der Waals surface area contributed by atoms with Gasteiger partial charge in [0.15, 0.2) is 0 Å². The third-order valence-corrected chi connectivity index (χ3v) is 2.79. The molecule has 5 nitrogen and oxygen atoms in total. The molecule has 5 heteroatoms. The zero-order valence-electron chi connectivity index (χ0n) is 11.8. The molecular formula is C13H24N2O3. The quantitative estimate of drug-likeness (QED) is 0.839. The molecule has 1 heterocycles. The normalized spacial score (nSPS) is 20.6. The third-order valence-electron chi connectivity index (χ3n) is 2.79. The number of nitrogens with one attached hydrogen (secondary N) is 1. The molecule has 1 aliphatic heterocycles. The van der Waals surface area contributed by atoms with Gasteiger partial charge in [0, 0.05) is 13.1 Å². The van der Waals surface area contributed by atoms with Crippen LogP contribution < -0.4 is 5.32 Å². The summed E-state index contributed by atoms with van der Waals surface area (Å²) in [6, 6.07) is -0.381. The second kappa shape index (κ2) is 6.07. The van der Waals surface area contributed by atoms with E-state index < -0.39 is 11.7 Å². The minimum absolute atomic E-state index is 0.0689. The van der Waals surface area contributed by atoms with Crippen molar-refractivity contribution in [1.29, 1.82) is 0 Å². The van der Waals surface area contributed by atoms with Crippen LogP contribution in [0.15, 0.2) is 0 Å². The number of amides is 2. The van der Waals surface area contributed by atoms with Gasteiger partial charge in [0.2, 0.25) is 5.91 Å². The van der Waals surface area contributed by atoms with Crippen LogP contribution in [-0.2, 0) is 9.53 Å². The Bertz CT molecular complexity index is 310. The molecule has 0 aromatic carbocycles. The molecule has 0 unspecified atom stereocenters. The molecule has 1 rings (SSSR count). The van der Waals surface area contributed by atoms with Gasteiger partial charge in [-0.15, -0.1) is 0 Å². The first-order valence-electron chi connectivity index (χ1n) is 6.62. The number of unbranched alkanes of at least 4 members (excludes halogenated alkanes) is 1. The Labute approximate surface area is 109 Å². The van der Waals surface area contributed by atoms with E-state index in [-0.39, 0.29) is 11.9 Å². The lowest BCUT2D eigenvalue weighted by Crippen LogP contribution is -2.57. The lowest BCUT2D eigenvalue weighted by atomic mass is 10.1. The molecule has 1 atom stereocenters. The third kappa shape index (κ3) is 4.20. The number of hydrogen-bond donors (Lipinski definition) is 1. The highest BCUT2D eigenvalue weighted by molar-refractivity contribution is 5.86. The number of ether oxygens (including phenoxy) is 1. The van der Waals surface area contributed by atoms with E-state index >= 15 is 0 Å². The van der Waals surface area contributed by atoms with Gasteiger partial charge in [-0.05, 0) is 27.2 Å². The Balaban J connectivity index is 2.69. The maximum absolute atomic E-state index is 12.1. The van der Waals surface area contributed by atoms with E-state index in [1.807, 2.05) is 20.8 Å². The van der Waals surface area contributed by atoms with Gasteiger partial charge >= 0.3 is 6.09 Å². The van der Waals surface area contributed by atoms with Gasteiger partial charge < -0.3 is 10.1 Å². The number of rotatable bonds is 3. The van der Waals surface area contributed by atoms with E-state index in [1.54, 1.807) is 4.90 Å². The van der Waals surface area contributed by atoms with E-state index in [4.69, 9.17) is 4.74 Å². The summed E-state index contributed by atoms with van der Waals surface area (Å²) in [4.78, 5) is 25.4. The first-order chi connectivity index (χ1) is 8.35. The van der Waals surface area contributed by atoms with E-state index in [9.17, 15) is 9.59 Å². The van der Waals surface area contributed by atoms with Crippen LogP contribution in [0.3, 0.4) is 0 Å². The van der Waals surface area contributed by atoms with Crippen molar-refractivity contribution in [3.8, 4) is 0 Å². The van der Waals surface area contributed by atoms with E-state index in [2.05, 4.69) is 12.2 Å². The highest BCUT2D eigenvalue weighted by atomic mass is 16.6. The smallest absolute Gasteiger partial charge is 0.411 e. The Morgan fingerprint density at radius 2 is 2.17 bits per heavy atom. The van der Waals surface area contributed by atoms with Crippen molar-refractivity contribution in [3.63, 3.8) is 0 Å². The summed E-state index contributed by atoms with van der Waals surface area (Å²) >= 11 is 0. The number of piperazine rings is 1. The molecular weight excluding hydrogens is 232 g/mol. The molecule has 1 aliphatic rings. The molecule has 0 aromatic rings. The first kappa shape index (κ1) is 14.8. The average Bonchev–Trinajstić information content (AvgIpc) is 2.24. The zero-order valence-corrected chi connectivity index (χ0v) is 11.8. The summed E-state index contributed by atoms with van der Waals surface area (Å²) in [7, 11) is 0. The number of carbonyl (C=O) groups excluding carboxylic acids is 2. The summed E-state index contributed by atoms with van der Waals surface area (Å²) in [5.41, 5.74) is -0.527. The Hall–Kier alpha value is -1.26. The van der Waals surface area contributed by atoms with Crippen molar-refractivity contribution in [3.05, 3.63) is 0 Å². The van der Waals surface area contributed by atoms with Crippen molar-refractivity contribution in [2.75, 3.05) is 13.1 Å². The second-order valence-electron chi connectivity index (χ2n) is 5.62. The van der Waals surface area contributed by atoms with Crippen LogP contribution >= 0.6 is 0 Å². The lowest BCUT2D eigenvalue weighted by molar-refractivity contribution is -0.129. The lowest BCUT2D eigenvalue weighted by Gasteiger charge is -2.36. The van der Waals surface area contributed by atoms with Gasteiger partial charge in [-0.1, -0.05) is 19.8 Å². The highest BCUT2D eigenvalue weighted by Gasteiger charge is 2.34. The standard InChI is InChI=1S/C13H24N2O3/c1-5-6-7-10-11(16)14-8-9-15(10)12(17)18-13(2,3)4/h10H,5-9H2,1-4H3,(H,14,16)/t10-/m0/s1. The van der Waals surface area contributed by atoms with Crippen LogP contribution in [0.2, 0.25) is 0 Å². The average molecular weight is 256 g/mol. The van der Waals surface area contributed by atoms with Crippen LogP contribution in [-0.4, -0.2) is 41.6 Å². The summed E-state index contributed by atoms with van der Waals surface area (Å²) in [5, 5.41) is 2.80. The van der Waals surface area contributed by atoms with E-state index in [0.29, 0.717) is 19.5 Å². The van der Waals surface area contributed by atoms with Gasteiger partial charge in [0.1, 0.15) is 11.6 Å². The maximum atomic E-state index is 12.1. The first-order valence-corrected chi connectivity index (χ1v) is 6.62. The molecule has 0 spiro atoms. The Kier molecular flexibility index (Phi) is 4.99. The summed E-state index contributed by atoms with van der Waals surface area (Å²) in [6.07, 6.45) is 2.24. The van der Waals surface area contributed by atoms with Crippen molar-refractivity contribution >= 4 is 12.0 Å². The van der Waals surface area contributed by atoms with Crippen LogP contribution in [0.5, 0.6) is 0 Å². The molecule has 0 aromatic heterocycles. The molecule has 1 saturated heterocycles. The van der Waals surface area contributed by atoms with Gasteiger partial charge in [-0.25, -0.2) is 4.79 Å². The molecule has 1 N–H and O–H groups in total. The van der Waals surface area contributed by atoms with Gasteiger partial charge in [-0.3, -0.25) is 9.69 Å². The number of hydrogen-bond acceptors (Lipinski definition) is 3. The van der Waals surface area contributed by atoms with Crippen LogP contribution in [0.1, 0.15) is 47.0 Å². The molecule has 0 aliphatic carbocycles. The topological polar surface area (TPSA) is 58.6 Å². The van der Waals surface area contributed by atoms with Gasteiger partial charge in [-0.2, -0.15) is 0 Å². The summed E-state index contributed by atoms with van der Waals surface area (Å²) in [5.74, 6) is -0.0689. The van der Waals surface area contributed by atoms with E-state index in [1.165, 1.54) is 0 Å². The zero-order chi connectivity index (χ0) is 13.8. The molecule has 1 fully saturated rings. The van der Waals surface area contributed by atoms with Crippen molar-refractivity contribution < 1.29 is 14.3 Å². The Morgan fingerprint density at radius 3 is 2.72 bits per heavy atom. The molecule has 18 heavy (non-hydrogen) atoms. The van der Waals surface area contributed by atoms with Crippen LogP contribution in [0, 0.1) is 0 Å². The minimum atomic E-state index is -0.527. The van der Waals surface area contributed by atoms with Crippen molar-refractivity contribution in [2.45, 2.75) is 58.6 Å². The SMILES string of the molecule is CCCC[C@H]1C(=O)NCCN1C(=O)OC(C)(C)C. The summed E-state index contributed by atoms with van der Waals surface area (Å²) in [6.45, 7) is 8.58. The number of carbonyl (C=O) groups is 2. The fourth-order valence-corrected chi connectivity index (χ4v) is 1.94. The number of nitrogens with zero attached hydrogens (tertiary/aromatic N) is 1. The van der Waals surface area contributed by atoms with Crippen molar-refractivity contribution in [1.82, 2.24) is 10.2 Å². The van der Waals surface area contributed by atoms with Gasteiger partial charge in [0.05, 0.1) is 0 Å². The van der Waals surface area contributed by atoms with Crippen molar-refractivity contribution in [2.24, 2.45) is 0 Å². The highest BCUT2D eigenvalue weighted by Crippen LogP contribution is 2.17. The van der Waals surface area contributed by atoms with Crippen LogP contribution in [0.4, 0.5) is 4.79 Å². The van der Waals surface area contributed by atoms with Crippen LogP contribution in [0.25, 0.3) is 0 Å². The molecule has 0 saturated carbocycles. The monoisotopic (exact) mass is 256 g/mol. The maximum Gasteiger partial charge on any atom is 0.411 e. The minimum Gasteiger partial charge on any atom is -0.444 e. The Morgan fingerprint density at radius 1 is 1.50 bits per heavy atom. The molecule has 104 valence electrons.